The topological polar surface area (TPSA) is 74.6 Å². The molecular weight excluding hydrogens is 360 g/mol. The maximum atomic E-state index is 10.2. The van der Waals surface area contributed by atoms with Crippen LogP contribution < -0.4 is 9.47 Å². The number of fused-ring (bicyclic) bond motifs is 1. The fourth-order valence-corrected chi connectivity index (χ4v) is 3.17. The van der Waals surface area contributed by atoms with E-state index in [2.05, 4.69) is 9.80 Å². The second-order valence-electron chi connectivity index (χ2n) is 6.55. The Hall–Kier alpha value is -1.09. The largest absolute Gasteiger partial charge is 0.486 e. The Morgan fingerprint density at radius 3 is 2.54 bits per heavy atom. The number of nitrogens with zero attached hydrogens (tertiary/aromatic N) is 2. The Morgan fingerprint density at radius 2 is 1.81 bits per heavy atom. The van der Waals surface area contributed by atoms with Crippen molar-refractivity contribution in [3.05, 3.63) is 24.3 Å². The van der Waals surface area contributed by atoms with E-state index in [0.29, 0.717) is 26.4 Å². The van der Waals surface area contributed by atoms with Gasteiger partial charge in [0.15, 0.2) is 17.6 Å². The second kappa shape index (κ2) is 10.9. The predicted octanol–water partition coefficient (Wildman–Crippen LogP) is 0.236. The van der Waals surface area contributed by atoms with E-state index in [1.165, 1.54) is 0 Å². The molecule has 0 radical (unpaired) electrons. The SMILES string of the molecule is Cl.OCCN1CCN(CC(O)COCC2COc3ccccc3O2)CC1. The summed E-state index contributed by atoms with van der Waals surface area (Å²) in [6.45, 7) is 6.37. The lowest BCUT2D eigenvalue weighted by Gasteiger charge is -2.35. The quantitative estimate of drug-likeness (QED) is 0.660. The smallest absolute Gasteiger partial charge is 0.161 e. The van der Waals surface area contributed by atoms with Crippen LogP contribution in [0.2, 0.25) is 0 Å². The Labute approximate surface area is 160 Å². The van der Waals surface area contributed by atoms with Crippen molar-refractivity contribution in [1.82, 2.24) is 9.80 Å². The van der Waals surface area contributed by atoms with E-state index in [1.807, 2.05) is 24.3 Å². The zero-order valence-corrected chi connectivity index (χ0v) is 15.8. The van der Waals surface area contributed by atoms with Crippen LogP contribution in [-0.4, -0.2) is 97.9 Å². The average Bonchev–Trinajstić information content (AvgIpc) is 2.63. The van der Waals surface area contributed by atoms with Crippen molar-refractivity contribution >= 4 is 12.4 Å². The van der Waals surface area contributed by atoms with Crippen molar-refractivity contribution in [3.8, 4) is 11.5 Å². The molecule has 7 nitrogen and oxygen atoms in total. The number of rotatable bonds is 8. The van der Waals surface area contributed by atoms with Crippen LogP contribution >= 0.6 is 12.4 Å². The molecule has 0 aromatic heterocycles. The summed E-state index contributed by atoms with van der Waals surface area (Å²) in [5.74, 6) is 1.50. The van der Waals surface area contributed by atoms with Gasteiger partial charge in [0.25, 0.3) is 0 Å². The van der Waals surface area contributed by atoms with Gasteiger partial charge in [-0.25, -0.2) is 0 Å². The third-order valence-corrected chi connectivity index (χ3v) is 4.53. The molecule has 0 amide bonds. The summed E-state index contributed by atoms with van der Waals surface area (Å²) in [6, 6.07) is 7.59. The molecule has 0 spiro atoms. The number of β-amino-alcohol motifs (C(OH)–C–C–N with tert-alkyl or cyclic N) is 2. The summed E-state index contributed by atoms with van der Waals surface area (Å²) >= 11 is 0. The molecule has 1 saturated heterocycles. The van der Waals surface area contributed by atoms with Gasteiger partial charge in [0.2, 0.25) is 0 Å². The Morgan fingerprint density at radius 1 is 1.12 bits per heavy atom. The summed E-state index contributed by atoms with van der Waals surface area (Å²) in [5.41, 5.74) is 0. The molecule has 1 aromatic rings. The number of ether oxygens (including phenoxy) is 3. The third kappa shape index (κ3) is 6.26. The molecule has 1 aromatic carbocycles. The molecule has 3 rings (SSSR count). The van der Waals surface area contributed by atoms with Gasteiger partial charge in [0.1, 0.15) is 6.61 Å². The van der Waals surface area contributed by atoms with Crippen molar-refractivity contribution in [3.63, 3.8) is 0 Å². The molecule has 8 heteroatoms. The molecule has 26 heavy (non-hydrogen) atoms. The molecular formula is C18H29ClN2O5. The van der Waals surface area contributed by atoms with Crippen molar-refractivity contribution in [2.24, 2.45) is 0 Å². The number of piperazine rings is 1. The summed E-state index contributed by atoms with van der Waals surface area (Å²) in [6.07, 6.45) is -0.662. The van der Waals surface area contributed by atoms with Crippen LogP contribution in [0.15, 0.2) is 24.3 Å². The van der Waals surface area contributed by atoms with E-state index in [-0.39, 0.29) is 25.1 Å². The number of hydrogen-bond donors (Lipinski definition) is 2. The number of halogens is 1. The Kier molecular flexibility index (Phi) is 8.90. The number of para-hydroxylation sites is 2. The number of benzene rings is 1. The van der Waals surface area contributed by atoms with E-state index in [1.54, 1.807) is 0 Å². The minimum absolute atomic E-state index is 0. The lowest BCUT2D eigenvalue weighted by atomic mass is 10.2. The summed E-state index contributed by atoms with van der Waals surface area (Å²) in [7, 11) is 0. The highest BCUT2D eigenvalue weighted by Crippen LogP contribution is 2.30. The van der Waals surface area contributed by atoms with Crippen LogP contribution in [-0.2, 0) is 4.74 Å². The van der Waals surface area contributed by atoms with Crippen molar-refractivity contribution < 1.29 is 24.4 Å². The minimum atomic E-state index is -0.513. The van der Waals surface area contributed by atoms with Gasteiger partial charge in [-0.15, -0.1) is 12.4 Å². The lowest BCUT2D eigenvalue weighted by Crippen LogP contribution is -2.49. The van der Waals surface area contributed by atoms with Crippen LogP contribution in [0.5, 0.6) is 11.5 Å². The highest BCUT2D eigenvalue weighted by Gasteiger charge is 2.22. The van der Waals surface area contributed by atoms with Crippen LogP contribution in [0.25, 0.3) is 0 Å². The Bertz CT molecular complexity index is 528. The molecule has 0 bridgehead atoms. The number of aliphatic hydroxyl groups is 2. The van der Waals surface area contributed by atoms with Gasteiger partial charge >= 0.3 is 0 Å². The molecule has 2 aliphatic rings. The fraction of sp³-hybridized carbons (Fsp3) is 0.667. The molecule has 0 aliphatic carbocycles. The Balaban J connectivity index is 0.00000243. The van der Waals surface area contributed by atoms with E-state index < -0.39 is 6.10 Å². The first-order chi connectivity index (χ1) is 12.2. The van der Waals surface area contributed by atoms with Crippen molar-refractivity contribution in [2.45, 2.75) is 12.2 Å². The second-order valence-corrected chi connectivity index (χ2v) is 6.55. The maximum absolute atomic E-state index is 10.2. The normalized spacial score (nSPS) is 21.8. The molecule has 2 N–H and O–H groups in total. The summed E-state index contributed by atoms with van der Waals surface area (Å²) < 4.78 is 17.1. The molecule has 2 atom stereocenters. The van der Waals surface area contributed by atoms with E-state index in [4.69, 9.17) is 19.3 Å². The zero-order valence-electron chi connectivity index (χ0n) is 15.0. The van der Waals surface area contributed by atoms with Gasteiger partial charge in [-0.2, -0.15) is 0 Å². The monoisotopic (exact) mass is 388 g/mol. The van der Waals surface area contributed by atoms with Crippen LogP contribution in [0.4, 0.5) is 0 Å². The highest BCUT2D eigenvalue weighted by molar-refractivity contribution is 5.85. The number of aliphatic hydroxyl groups excluding tert-OH is 2. The van der Waals surface area contributed by atoms with Gasteiger partial charge in [-0.3, -0.25) is 9.80 Å². The lowest BCUT2D eigenvalue weighted by molar-refractivity contribution is -0.0322. The van der Waals surface area contributed by atoms with Crippen LogP contribution in [0, 0.1) is 0 Å². The van der Waals surface area contributed by atoms with Crippen molar-refractivity contribution in [1.29, 1.82) is 0 Å². The van der Waals surface area contributed by atoms with Gasteiger partial charge < -0.3 is 24.4 Å². The zero-order chi connectivity index (χ0) is 17.5. The average molecular weight is 389 g/mol. The standard InChI is InChI=1S/C18H28N2O5.ClH/c21-10-9-19-5-7-20(8-6-19)11-15(22)12-23-13-16-14-24-17-3-1-2-4-18(17)25-16;/h1-4,15-16,21-22H,5-14H2;1H. The molecule has 1 fully saturated rings. The van der Waals surface area contributed by atoms with E-state index in [9.17, 15) is 5.11 Å². The first-order valence-electron chi connectivity index (χ1n) is 8.94. The van der Waals surface area contributed by atoms with Crippen LogP contribution in [0.3, 0.4) is 0 Å². The molecule has 0 saturated carbocycles. The van der Waals surface area contributed by atoms with Gasteiger partial charge in [0.05, 0.1) is 25.9 Å². The number of hydrogen-bond acceptors (Lipinski definition) is 7. The van der Waals surface area contributed by atoms with Crippen LogP contribution in [0.1, 0.15) is 0 Å². The van der Waals surface area contributed by atoms with Crippen molar-refractivity contribution in [2.75, 3.05) is 65.7 Å². The highest BCUT2D eigenvalue weighted by atomic mass is 35.5. The molecule has 2 heterocycles. The third-order valence-electron chi connectivity index (χ3n) is 4.53. The molecule has 2 aliphatic heterocycles. The first kappa shape index (κ1) is 21.2. The molecule has 148 valence electrons. The summed E-state index contributed by atoms with van der Waals surface area (Å²) in [5, 5.41) is 19.1. The minimum Gasteiger partial charge on any atom is -0.486 e. The van der Waals surface area contributed by atoms with Gasteiger partial charge in [0, 0.05) is 39.3 Å². The van der Waals surface area contributed by atoms with E-state index >= 15 is 0 Å². The first-order valence-corrected chi connectivity index (χ1v) is 8.94. The van der Waals surface area contributed by atoms with E-state index in [0.717, 1.165) is 44.2 Å². The summed E-state index contributed by atoms with van der Waals surface area (Å²) in [4.78, 5) is 4.47. The van der Waals surface area contributed by atoms with Gasteiger partial charge in [-0.05, 0) is 12.1 Å². The molecule has 2 unspecified atom stereocenters. The maximum Gasteiger partial charge on any atom is 0.161 e. The fourth-order valence-electron chi connectivity index (χ4n) is 3.17. The predicted molar refractivity (Wildman–Crippen MR) is 100 cm³/mol. The van der Waals surface area contributed by atoms with Gasteiger partial charge in [-0.1, -0.05) is 12.1 Å².